The third kappa shape index (κ3) is 2.58. The molecule has 1 aromatic rings. The summed E-state index contributed by atoms with van der Waals surface area (Å²) in [6.07, 6.45) is 0. The third-order valence-corrected chi connectivity index (χ3v) is 2.91. The standard InChI is InChI=1S/C11H14BrNO2/c1-3-13-11(2,10(14)15)8-4-6-9(12)7-5-8/h4-7,13H,3H2,1-2H3,(H,14,15)/t11-/m0/s1. The van der Waals surface area contributed by atoms with Crippen molar-refractivity contribution in [1.82, 2.24) is 5.32 Å². The van der Waals surface area contributed by atoms with Gasteiger partial charge < -0.3 is 5.11 Å². The second-order valence-corrected chi connectivity index (χ2v) is 4.38. The SMILES string of the molecule is CCN[C@](C)(C(=O)O)c1ccc(Br)cc1. The number of halogens is 1. The Kier molecular flexibility index (Phi) is 3.88. The molecule has 3 nitrogen and oxygen atoms in total. The maximum Gasteiger partial charge on any atom is 0.328 e. The van der Waals surface area contributed by atoms with Gasteiger partial charge in [-0.05, 0) is 31.2 Å². The number of carboxylic acid groups (broad SMARTS) is 1. The lowest BCUT2D eigenvalue weighted by Gasteiger charge is -2.26. The second-order valence-electron chi connectivity index (χ2n) is 3.47. The van der Waals surface area contributed by atoms with Gasteiger partial charge in [0, 0.05) is 4.47 Å². The van der Waals surface area contributed by atoms with Gasteiger partial charge in [0.15, 0.2) is 0 Å². The molecule has 0 unspecified atom stereocenters. The van der Waals surface area contributed by atoms with Gasteiger partial charge in [-0.15, -0.1) is 0 Å². The molecule has 4 heteroatoms. The van der Waals surface area contributed by atoms with Crippen molar-refractivity contribution in [2.45, 2.75) is 19.4 Å². The van der Waals surface area contributed by atoms with E-state index in [9.17, 15) is 9.90 Å². The summed E-state index contributed by atoms with van der Waals surface area (Å²) in [5.41, 5.74) is -0.268. The zero-order chi connectivity index (χ0) is 11.5. The van der Waals surface area contributed by atoms with E-state index in [2.05, 4.69) is 21.2 Å². The molecule has 0 heterocycles. The molecule has 0 radical (unpaired) electrons. The molecule has 15 heavy (non-hydrogen) atoms. The molecule has 2 N–H and O–H groups in total. The normalized spacial score (nSPS) is 14.6. The molecule has 82 valence electrons. The van der Waals surface area contributed by atoms with E-state index in [-0.39, 0.29) is 0 Å². The molecular formula is C11H14BrNO2. The summed E-state index contributed by atoms with van der Waals surface area (Å²) in [5, 5.41) is 12.2. The maximum atomic E-state index is 11.2. The highest BCUT2D eigenvalue weighted by atomic mass is 79.9. The summed E-state index contributed by atoms with van der Waals surface area (Å²) in [6.45, 7) is 4.17. The fourth-order valence-corrected chi connectivity index (χ4v) is 1.70. The minimum atomic E-state index is -1.02. The molecule has 0 fully saturated rings. The average molecular weight is 272 g/mol. The lowest BCUT2D eigenvalue weighted by atomic mass is 9.92. The van der Waals surface area contributed by atoms with Crippen molar-refractivity contribution >= 4 is 21.9 Å². The van der Waals surface area contributed by atoms with Crippen molar-refractivity contribution in [3.05, 3.63) is 34.3 Å². The quantitative estimate of drug-likeness (QED) is 0.884. The van der Waals surface area contributed by atoms with Gasteiger partial charge in [0.2, 0.25) is 0 Å². The highest BCUT2D eigenvalue weighted by Gasteiger charge is 2.33. The van der Waals surface area contributed by atoms with Crippen LogP contribution in [0.4, 0.5) is 0 Å². The third-order valence-electron chi connectivity index (χ3n) is 2.38. The van der Waals surface area contributed by atoms with E-state index < -0.39 is 11.5 Å². The van der Waals surface area contributed by atoms with E-state index in [1.165, 1.54) is 0 Å². The van der Waals surface area contributed by atoms with Crippen molar-refractivity contribution in [3.8, 4) is 0 Å². The molecule has 0 saturated heterocycles. The molecule has 1 atom stereocenters. The van der Waals surface area contributed by atoms with Crippen molar-refractivity contribution < 1.29 is 9.90 Å². The van der Waals surface area contributed by atoms with Gasteiger partial charge in [-0.3, -0.25) is 5.32 Å². The second kappa shape index (κ2) is 4.77. The van der Waals surface area contributed by atoms with Crippen LogP contribution in [0.25, 0.3) is 0 Å². The van der Waals surface area contributed by atoms with Gasteiger partial charge >= 0.3 is 5.97 Å². The summed E-state index contributed by atoms with van der Waals surface area (Å²) in [7, 11) is 0. The predicted molar refractivity (Wildman–Crippen MR) is 62.8 cm³/mol. The minimum Gasteiger partial charge on any atom is -0.480 e. The van der Waals surface area contributed by atoms with Gasteiger partial charge in [-0.2, -0.15) is 0 Å². The number of hydrogen-bond acceptors (Lipinski definition) is 2. The summed E-state index contributed by atoms with van der Waals surface area (Å²) < 4.78 is 0.940. The highest BCUT2D eigenvalue weighted by molar-refractivity contribution is 9.10. The predicted octanol–water partition coefficient (Wildman–Crippen LogP) is 2.36. The van der Waals surface area contributed by atoms with E-state index in [4.69, 9.17) is 0 Å². The van der Waals surface area contributed by atoms with E-state index in [0.29, 0.717) is 6.54 Å². The Balaban J connectivity index is 3.09. The molecule has 1 rings (SSSR count). The number of benzene rings is 1. The molecule has 0 spiro atoms. The lowest BCUT2D eigenvalue weighted by molar-refractivity contribution is -0.144. The van der Waals surface area contributed by atoms with E-state index in [1.807, 2.05) is 19.1 Å². The van der Waals surface area contributed by atoms with Crippen LogP contribution in [-0.4, -0.2) is 17.6 Å². The van der Waals surface area contributed by atoms with E-state index in [0.717, 1.165) is 10.0 Å². The Morgan fingerprint density at radius 1 is 1.47 bits per heavy atom. The first-order chi connectivity index (χ1) is 7.00. The molecule has 0 aliphatic carbocycles. The van der Waals surface area contributed by atoms with Crippen LogP contribution >= 0.6 is 15.9 Å². The van der Waals surface area contributed by atoms with Crippen molar-refractivity contribution in [3.63, 3.8) is 0 Å². The zero-order valence-electron chi connectivity index (χ0n) is 8.75. The number of carboxylic acids is 1. The first kappa shape index (κ1) is 12.2. The molecule has 0 bridgehead atoms. The fourth-order valence-electron chi connectivity index (χ4n) is 1.44. The molecule has 0 amide bonds. The van der Waals surface area contributed by atoms with Crippen LogP contribution in [0.3, 0.4) is 0 Å². The van der Waals surface area contributed by atoms with E-state index in [1.54, 1.807) is 19.1 Å². The minimum absolute atomic E-state index is 0.610. The Morgan fingerprint density at radius 2 is 2.00 bits per heavy atom. The van der Waals surface area contributed by atoms with Crippen molar-refractivity contribution in [2.75, 3.05) is 6.54 Å². The van der Waals surface area contributed by atoms with Crippen LogP contribution < -0.4 is 5.32 Å². The number of aliphatic carboxylic acids is 1. The first-order valence-electron chi connectivity index (χ1n) is 4.75. The molecular weight excluding hydrogens is 258 g/mol. The fraction of sp³-hybridized carbons (Fsp3) is 0.364. The van der Waals surface area contributed by atoms with E-state index >= 15 is 0 Å². The number of likely N-dealkylation sites (N-methyl/N-ethyl adjacent to an activating group) is 1. The monoisotopic (exact) mass is 271 g/mol. The van der Waals surface area contributed by atoms with Crippen LogP contribution in [0.5, 0.6) is 0 Å². The Morgan fingerprint density at radius 3 is 2.40 bits per heavy atom. The Bertz CT molecular complexity index is 350. The largest absolute Gasteiger partial charge is 0.480 e. The topological polar surface area (TPSA) is 49.3 Å². The van der Waals surface area contributed by atoms with Gasteiger partial charge in [-0.1, -0.05) is 35.0 Å². The van der Waals surface area contributed by atoms with Crippen molar-refractivity contribution in [2.24, 2.45) is 0 Å². The zero-order valence-corrected chi connectivity index (χ0v) is 10.3. The molecule has 0 aliphatic rings. The summed E-state index contributed by atoms with van der Waals surface area (Å²) in [5.74, 6) is -0.869. The van der Waals surface area contributed by atoms with Crippen LogP contribution in [-0.2, 0) is 10.3 Å². The van der Waals surface area contributed by atoms with Crippen LogP contribution in [0.15, 0.2) is 28.7 Å². The van der Waals surface area contributed by atoms with Crippen LogP contribution in [0, 0.1) is 0 Å². The van der Waals surface area contributed by atoms with Crippen molar-refractivity contribution in [1.29, 1.82) is 0 Å². The van der Waals surface area contributed by atoms with Crippen LogP contribution in [0.1, 0.15) is 19.4 Å². The lowest BCUT2D eigenvalue weighted by Crippen LogP contribution is -2.46. The summed E-state index contributed by atoms with van der Waals surface area (Å²) in [4.78, 5) is 11.2. The Labute approximate surface area is 97.6 Å². The van der Waals surface area contributed by atoms with Crippen LogP contribution in [0.2, 0.25) is 0 Å². The molecule has 0 aliphatic heterocycles. The average Bonchev–Trinajstić information content (AvgIpc) is 2.18. The number of rotatable bonds is 4. The number of hydrogen-bond donors (Lipinski definition) is 2. The van der Waals surface area contributed by atoms with Gasteiger partial charge in [-0.25, -0.2) is 4.79 Å². The van der Waals surface area contributed by atoms with Gasteiger partial charge in [0.25, 0.3) is 0 Å². The summed E-state index contributed by atoms with van der Waals surface area (Å²) in [6, 6.07) is 7.30. The maximum absolute atomic E-state index is 11.2. The van der Waals surface area contributed by atoms with Gasteiger partial charge in [0.05, 0.1) is 0 Å². The smallest absolute Gasteiger partial charge is 0.328 e. The molecule has 1 aromatic carbocycles. The summed E-state index contributed by atoms with van der Waals surface area (Å²) >= 11 is 3.32. The van der Waals surface area contributed by atoms with Gasteiger partial charge in [0.1, 0.15) is 5.54 Å². The Hall–Kier alpha value is -0.870. The molecule has 0 saturated carbocycles. The molecule has 0 aromatic heterocycles. The first-order valence-corrected chi connectivity index (χ1v) is 5.54. The highest BCUT2D eigenvalue weighted by Crippen LogP contribution is 2.22. The number of carbonyl (C=O) groups is 1. The number of nitrogens with one attached hydrogen (secondary N) is 1.